The van der Waals surface area contributed by atoms with Gasteiger partial charge in [0.05, 0.1) is 0 Å². The molecule has 1 aliphatic rings. The Bertz CT molecular complexity index is 331. The molecule has 0 aromatic heterocycles. The Morgan fingerprint density at radius 1 is 1.62 bits per heavy atom. The van der Waals surface area contributed by atoms with E-state index < -0.39 is 6.36 Å². The molecule has 0 fully saturated rings. The lowest BCUT2D eigenvalue weighted by atomic mass is 10.1. The maximum absolute atomic E-state index is 12.6. The Morgan fingerprint density at radius 2 is 2.46 bits per heavy atom. The zero-order chi connectivity index (χ0) is 9.26. The molecule has 0 bridgehead atoms. The first kappa shape index (κ1) is 8.45. The number of rotatable bonds is 2. The van der Waals surface area contributed by atoms with Gasteiger partial charge >= 0.3 is 0 Å². The summed E-state index contributed by atoms with van der Waals surface area (Å²) in [5.74, 6) is 0. The van der Waals surface area contributed by atoms with E-state index in [0.717, 1.165) is 11.1 Å². The monoisotopic (exact) mass is 177 g/mol. The Hall–Kier alpha value is -1.15. The van der Waals surface area contributed by atoms with Gasteiger partial charge in [-0.25, -0.2) is 4.39 Å². The molecule has 0 saturated carbocycles. The fourth-order valence-corrected chi connectivity index (χ4v) is 1.46. The summed E-state index contributed by atoms with van der Waals surface area (Å²) in [6.45, 7) is 1.39. The number of alkyl halides is 1. The van der Waals surface area contributed by atoms with Crippen molar-refractivity contribution in [3.8, 4) is 0 Å². The van der Waals surface area contributed by atoms with Gasteiger partial charge < -0.3 is 4.74 Å². The minimum atomic E-state index is -1.24. The van der Waals surface area contributed by atoms with Gasteiger partial charge in [-0.1, -0.05) is 30.4 Å². The molecule has 1 nitrogen and oxygen atoms in total. The SMILES string of the molecule is CC(F)OC1C=Cc2[c]cccc21. The number of benzene rings is 1. The summed E-state index contributed by atoms with van der Waals surface area (Å²) in [4.78, 5) is 0. The van der Waals surface area contributed by atoms with Gasteiger partial charge in [0.25, 0.3) is 0 Å². The maximum atomic E-state index is 12.6. The van der Waals surface area contributed by atoms with E-state index in [-0.39, 0.29) is 6.10 Å². The van der Waals surface area contributed by atoms with Crippen molar-refractivity contribution in [2.45, 2.75) is 19.4 Å². The van der Waals surface area contributed by atoms with E-state index in [1.165, 1.54) is 6.92 Å². The fraction of sp³-hybridized carbons (Fsp3) is 0.273. The molecule has 2 rings (SSSR count). The minimum absolute atomic E-state index is 0.243. The fourth-order valence-electron chi connectivity index (χ4n) is 1.46. The lowest BCUT2D eigenvalue weighted by Crippen LogP contribution is -2.05. The predicted octanol–water partition coefficient (Wildman–Crippen LogP) is 2.89. The Morgan fingerprint density at radius 3 is 3.23 bits per heavy atom. The maximum Gasteiger partial charge on any atom is 0.196 e. The highest BCUT2D eigenvalue weighted by molar-refractivity contribution is 5.60. The molecule has 0 amide bonds. The lowest BCUT2D eigenvalue weighted by Gasteiger charge is -2.12. The molecule has 1 aliphatic carbocycles. The van der Waals surface area contributed by atoms with Crippen LogP contribution in [0.25, 0.3) is 6.08 Å². The number of hydrogen-bond acceptors (Lipinski definition) is 1. The molecule has 1 radical (unpaired) electrons. The van der Waals surface area contributed by atoms with E-state index in [1.54, 1.807) is 0 Å². The number of hydrogen-bond donors (Lipinski definition) is 0. The van der Waals surface area contributed by atoms with Gasteiger partial charge in [0, 0.05) is 0 Å². The third-order valence-corrected chi connectivity index (χ3v) is 2.00. The van der Waals surface area contributed by atoms with Crippen LogP contribution in [-0.4, -0.2) is 6.36 Å². The number of fused-ring (bicyclic) bond motifs is 1. The Balaban J connectivity index is 2.23. The first-order valence-corrected chi connectivity index (χ1v) is 4.26. The number of ether oxygens (including phenoxy) is 1. The Labute approximate surface area is 76.8 Å². The normalized spacial score (nSPS) is 21.5. The molecule has 2 atom stereocenters. The topological polar surface area (TPSA) is 9.23 Å². The van der Waals surface area contributed by atoms with Crippen molar-refractivity contribution in [2.75, 3.05) is 0 Å². The molecule has 67 valence electrons. The van der Waals surface area contributed by atoms with Gasteiger partial charge in [-0.2, -0.15) is 0 Å². The van der Waals surface area contributed by atoms with E-state index in [2.05, 4.69) is 6.07 Å². The van der Waals surface area contributed by atoms with Crippen molar-refractivity contribution in [1.82, 2.24) is 0 Å². The van der Waals surface area contributed by atoms with E-state index in [0.29, 0.717) is 0 Å². The molecule has 1 aromatic carbocycles. The van der Waals surface area contributed by atoms with Crippen LogP contribution < -0.4 is 0 Å². The molecule has 0 aliphatic heterocycles. The van der Waals surface area contributed by atoms with Gasteiger partial charge in [0.15, 0.2) is 6.36 Å². The Kier molecular flexibility index (Phi) is 2.15. The second-order valence-corrected chi connectivity index (χ2v) is 3.00. The standard InChI is InChI=1S/C11H10FO/c1-8(12)13-11-7-6-9-4-2-3-5-10(9)11/h2-3,5-8,11H,1H3. The zero-order valence-corrected chi connectivity index (χ0v) is 7.33. The molecule has 0 spiro atoms. The third-order valence-electron chi connectivity index (χ3n) is 2.00. The summed E-state index contributed by atoms with van der Waals surface area (Å²) in [5.41, 5.74) is 1.99. The van der Waals surface area contributed by atoms with Crippen molar-refractivity contribution in [3.05, 3.63) is 41.5 Å². The van der Waals surface area contributed by atoms with Crippen molar-refractivity contribution in [3.63, 3.8) is 0 Å². The van der Waals surface area contributed by atoms with E-state index in [9.17, 15) is 4.39 Å². The summed E-state index contributed by atoms with van der Waals surface area (Å²) < 4.78 is 17.6. The van der Waals surface area contributed by atoms with E-state index >= 15 is 0 Å². The molecule has 0 saturated heterocycles. The van der Waals surface area contributed by atoms with Crippen LogP contribution in [-0.2, 0) is 4.74 Å². The van der Waals surface area contributed by atoms with Gasteiger partial charge in [0.1, 0.15) is 6.10 Å². The predicted molar refractivity (Wildman–Crippen MR) is 48.7 cm³/mol. The zero-order valence-electron chi connectivity index (χ0n) is 7.33. The highest BCUT2D eigenvalue weighted by atomic mass is 19.1. The summed E-state index contributed by atoms with van der Waals surface area (Å²) in [6, 6.07) is 8.71. The highest BCUT2D eigenvalue weighted by Gasteiger charge is 2.18. The third kappa shape index (κ3) is 1.63. The smallest absolute Gasteiger partial charge is 0.196 e. The molecule has 0 N–H and O–H groups in total. The van der Waals surface area contributed by atoms with Crippen LogP contribution in [0.5, 0.6) is 0 Å². The van der Waals surface area contributed by atoms with Crippen LogP contribution in [0.3, 0.4) is 0 Å². The molecule has 0 heterocycles. The van der Waals surface area contributed by atoms with Crippen molar-refractivity contribution in [1.29, 1.82) is 0 Å². The van der Waals surface area contributed by atoms with Crippen LogP contribution in [0.1, 0.15) is 24.2 Å². The second-order valence-electron chi connectivity index (χ2n) is 3.00. The van der Waals surface area contributed by atoms with Crippen LogP contribution >= 0.6 is 0 Å². The molecular formula is C11H10FO. The van der Waals surface area contributed by atoms with Crippen LogP contribution in [0.15, 0.2) is 24.3 Å². The minimum Gasteiger partial charge on any atom is -0.336 e. The van der Waals surface area contributed by atoms with Gasteiger partial charge in [-0.05, 0) is 24.1 Å². The summed E-state index contributed by atoms with van der Waals surface area (Å²) in [7, 11) is 0. The van der Waals surface area contributed by atoms with Crippen molar-refractivity contribution < 1.29 is 9.13 Å². The van der Waals surface area contributed by atoms with Crippen molar-refractivity contribution in [2.24, 2.45) is 0 Å². The average Bonchev–Trinajstić information content (AvgIpc) is 2.48. The molecule has 2 unspecified atom stereocenters. The van der Waals surface area contributed by atoms with Crippen LogP contribution in [0, 0.1) is 6.07 Å². The quantitative estimate of drug-likeness (QED) is 0.674. The summed E-state index contributed by atoms with van der Waals surface area (Å²) in [5, 5.41) is 0. The summed E-state index contributed by atoms with van der Waals surface area (Å²) in [6.07, 6.45) is 2.27. The molecular weight excluding hydrogens is 167 g/mol. The summed E-state index contributed by atoms with van der Waals surface area (Å²) >= 11 is 0. The first-order chi connectivity index (χ1) is 6.27. The van der Waals surface area contributed by atoms with Gasteiger partial charge in [-0.15, -0.1) is 0 Å². The van der Waals surface area contributed by atoms with Crippen molar-refractivity contribution >= 4 is 6.08 Å². The van der Waals surface area contributed by atoms with Crippen LogP contribution in [0.4, 0.5) is 4.39 Å². The van der Waals surface area contributed by atoms with Gasteiger partial charge in [0.2, 0.25) is 0 Å². The number of halogens is 1. The van der Waals surface area contributed by atoms with Gasteiger partial charge in [-0.3, -0.25) is 0 Å². The largest absolute Gasteiger partial charge is 0.336 e. The molecule has 1 aromatic rings. The highest BCUT2D eigenvalue weighted by Crippen LogP contribution is 2.31. The van der Waals surface area contributed by atoms with E-state index in [1.807, 2.05) is 30.4 Å². The second kappa shape index (κ2) is 3.30. The molecule has 13 heavy (non-hydrogen) atoms. The first-order valence-electron chi connectivity index (χ1n) is 4.26. The average molecular weight is 177 g/mol. The van der Waals surface area contributed by atoms with Crippen LogP contribution in [0.2, 0.25) is 0 Å². The molecule has 2 heteroatoms. The van der Waals surface area contributed by atoms with E-state index in [4.69, 9.17) is 4.74 Å². The lowest BCUT2D eigenvalue weighted by molar-refractivity contribution is -0.0551.